The number of rotatable bonds is 4. The number of carbonyl (C=O) groups is 1. The van der Waals surface area contributed by atoms with Gasteiger partial charge in [0.2, 0.25) is 5.91 Å². The van der Waals surface area contributed by atoms with Crippen LogP contribution in [0.4, 0.5) is 15.8 Å². The van der Waals surface area contributed by atoms with E-state index < -0.39 is 5.82 Å². The van der Waals surface area contributed by atoms with Crippen LogP contribution in [0.15, 0.2) is 30.6 Å². The Balaban J connectivity index is 2.00. The third kappa shape index (κ3) is 3.21. The fraction of sp³-hybridized carbons (Fsp3) is 0.167. The number of amides is 1. The van der Waals surface area contributed by atoms with Crippen molar-refractivity contribution < 1.29 is 13.9 Å². The number of hydrogen-bond acceptors (Lipinski definition) is 4. The number of hydrogen-bond donors (Lipinski definition) is 2. The van der Waals surface area contributed by atoms with Crippen LogP contribution in [0.3, 0.4) is 0 Å². The normalized spacial score (nSPS) is 10.2. The summed E-state index contributed by atoms with van der Waals surface area (Å²) in [6.07, 6.45) is 2.98. The molecule has 0 aliphatic carbocycles. The quantitative estimate of drug-likeness (QED) is 0.870. The molecule has 7 heteroatoms. The van der Waals surface area contributed by atoms with Gasteiger partial charge in [0.15, 0.2) is 11.6 Å². The van der Waals surface area contributed by atoms with Gasteiger partial charge < -0.3 is 15.8 Å². The first-order valence-corrected chi connectivity index (χ1v) is 5.50. The molecule has 100 valence electrons. The van der Waals surface area contributed by atoms with Crippen molar-refractivity contribution in [3.63, 3.8) is 0 Å². The van der Waals surface area contributed by atoms with E-state index in [-0.39, 0.29) is 18.2 Å². The van der Waals surface area contributed by atoms with Gasteiger partial charge in [0.1, 0.15) is 6.54 Å². The Morgan fingerprint density at radius 2 is 2.37 bits per heavy atom. The molecule has 0 aliphatic rings. The van der Waals surface area contributed by atoms with Crippen molar-refractivity contribution in [3.05, 3.63) is 36.4 Å². The van der Waals surface area contributed by atoms with Gasteiger partial charge in [-0.05, 0) is 12.1 Å². The van der Waals surface area contributed by atoms with E-state index in [1.165, 1.54) is 36.3 Å². The van der Waals surface area contributed by atoms with Gasteiger partial charge in [-0.2, -0.15) is 5.10 Å². The maximum Gasteiger partial charge on any atom is 0.246 e. The number of halogens is 1. The Morgan fingerprint density at radius 3 is 2.95 bits per heavy atom. The Bertz CT molecular complexity index is 597. The minimum atomic E-state index is -0.538. The maximum absolute atomic E-state index is 13.4. The number of benzene rings is 1. The van der Waals surface area contributed by atoms with Crippen LogP contribution in [0.2, 0.25) is 0 Å². The molecule has 0 bridgehead atoms. The second kappa shape index (κ2) is 5.38. The molecule has 0 fully saturated rings. The van der Waals surface area contributed by atoms with Crippen molar-refractivity contribution in [2.75, 3.05) is 18.2 Å². The first-order valence-electron chi connectivity index (χ1n) is 5.50. The van der Waals surface area contributed by atoms with Crippen molar-refractivity contribution in [1.29, 1.82) is 0 Å². The number of aromatic nitrogens is 2. The Hall–Kier alpha value is -2.57. The summed E-state index contributed by atoms with van der Waals surface area (Å²) in [6.45, 7) is 0.00481. The van der Waals surface area contributed by atoms with E-state index >= 15 is 0 Å². The largest absolute Gasteiger partial charge is 0.494 e. The molecule has 1 aromatic heterocycles. The molecule has 2 aromatic rings. The Labute approximate surface area is 109 Å². The van der Waals surface area contributed by atoms with Gasteiger partial charge in [0.05, 0.1) is 19.0 Å². The van der Waals surface area contributed by atoms with Crippen LogP contribution in [-0.4, -0.2) is 22.8 Å². The Kier molecular flexibility index (Phi) is 3.65. The topological polar surface area (TPSA) is 82.2 Å². The zero-order chi connectivity index (χ0) is 13.8. The smallest absolute Gasteiger partial charge is 0.246 e. The van der Waals surface area contributed by atoms with Crippen LogP contribution in [0.25, 0.3) is 0 Å². The molecule has 1 heterocycles. The number of carbonyl (C=O) groups excluding carboxylic acids is 1. The second-order valence-electron chi connectivity index (χ2n) is 3.87. The lowest BCUT2D eigenvalue weighted by atomic mass is 10.3. The molecular formula is C12H13FN4O2. The lowest BCUT2D eigenvalue weighted by Crippen LogP contribution is -2.19. The summed E-state index contributed by atoms with van der Waals surface area (Å²) in [4.78, 5) is 11.7. The van der Waals surface area contributed by atoms with Gasteiger partial charge in [-0.25, -0.2) is 4.39 Å². The fourth-order valence-electron chi connectivity index (χ4n) is 1.56. The first kappa shape index (κ1) is 12.9. The molecular weight excluding hydrogens is 251 g/mol. The summed E-state index contributed by atoms with van der Waals surface area (Å²) in [5.74, 6) is -0.742. The van der Waals surface area contributed by atoms with E-state index in [2.05, 4.69) is 10.4 Å². The van der Waals surface area contributed by atoms with Crippen molar-refractivity contribution >= 4 is 17.3 Å². The molecule has 6 nitrogen and oxygen atoms in total. The molecule has 0 saturated carbocycles. The second-order valence-corrected chi connectivity index (χ2v) is 3.87. The average molecular weight is 264 g/mol. The van der Waals surface area contributed by atoms with E-state index in [1.54, 1.807) is 6.07 Å². The van der Waals surface area contributed by atoms with Gasteiger partial charge in [0, 0.05) is 18.0 Å². The predicted octanol–water partition coefficient (Wildman–Crippen LogP) is 1.25. The molecule has 2 rings (SSSR count). The highest BCUT2D eigenvalue weighted by atomic mass is 19.1. The van der Waals surface area contributed by atoms with Crippen molar-refractivity contribution in [1.82, 2.24) is 9.78 Å². The minimum Gasteiger partial charge on any atom is -0.494 e. The highest BCUT2D eigenvalue weighted by Crippen LogP contribution is 2.20. The fourth-order valence-corrected chi connectivity index (χ4v) is 1.56. The molecule has 3 N–H and O–H groups in total. The van der Waals surface area contributed by atoms with Crippen LogP contribution >= 0.6 is 0 Å². The number of ether oxygens (including phenoxy) is 1. The van der Waals surface area contributed by atoms with Crippen LogP contribution in [0.5, 0.6) is 5.75 Å². The highest BCUT2D eigenvalue weighted by molar-refractivity contribution is 5.90. The molecule has 19 heavy (non-hydrogen) atoms. The number of anilines is 2. The monoisotopic (exact) mass is 264 g/mol. The van der Waals surface area contributed by atoms with Gasteiger partial charge in [-0.3, -0.25) is 9.48 Å². The van der Waals surface area contributed by atoms with Crippen LogP contribution in [0.1, 0.15) is 0 Å². The lowest BCUT2D eigenvalue weighted by molar-refractivity contribution is -0.116. The molecule has 0 aliphatic heterocycles. The highest BCUT2D eigenvalue weighted by Gasteiger charge is 2.07. The summed E-state index contributed by atoms with van der Waals surface area (Å²) in [5, 5.41) is 6.43. The molecule has 1 amide bonds. The third-order valence-corrected chi connectivity index (χ3v) is 2.39. The summed E-state index contributed by atoms with van der Waals surface area (Å²) in [7, 11) is 1.37. The SMILES string of the molecule is COc1ccc(NC(=O)Cn2cc(N)cn2)cc1F. The Morgan fingerprint density at radius 1 is 1.58 bits per heavy atom. The van der Waals surface area contributed by atoms with E-state index in [9.17, 15) is 9.18 Å². The van der Waals surface area contributed by atoms with Gasteiger partial charge in [-0.1, -0.05) is 0 Å². The van der Waals surface area contributed by atoms with Crippen LogP contribution in [0, 0.1) is 5.82 Å². The summed E-state index contributed by atoms with van der Waals surface area (Å²) in [6, 6.07) is 4.18. The molecule has 1 aromatic carbocycles. The number of nitrogens with one attached hydrogen (secondary N) is 1. The molecule has 0 saturated heterocycles. The van der Waals surface area contributed by atoms with E-state index in [0.29, 0.717) is 11.4 Å². The van der Waals surface area contributed by atoms with Crippen LogP contribution in [-0.2, 0) is 11.3 Å². The summed E-state index contributed by atoms with van der Waals surface area (Å²) in [5.41, 5.74) is 6.31. The van der Waals surface area contributed by atoms with Crippen LogP contribution < -0.4 is 15.8 Å². The van der Waals surface area contributed by atoms with Gasteiger partial charge in [-0.15, -0.1) is 0 Å². The summed E-state index contributed by atoms with van der Waals surface area (Å²) < 4.78 is 19.6. The molecule has 0 spiro atoms. The van der Waals surface area contributed by atoms with Gasteiger partial charge >= 0.3 is 0 Å². The van der Waals surface area contributed by atoms with Crippen molar-refractivity contribution in [2.24, 2.45) is 0 Å². The number of methoxy groups -OCH3 is 1. The van der Waals surface area contributed by atoms with Crippen molar-refractivity contribution in [3.8, 4) is 5.75 Å². The number of nitrogen functional groups attached to an aromatic ring is 1. The summed E-state index contributed by atoms with van der Waals surface area (Å²) >= 11 is 0. The number of nitrogens with zero attached hydrogens (tertiary/aromatic N) is 2. The predicted molar refractivity (Wildman–Crippen MR) is 68.2 cm³/mol. The minimum absolute atomic E-state index is 0.00481. The van der Waals surface area contributed by atoms with E-state index in [1.807, 2.05) is 0 Å². The van der Waals surface area contributed by atoms with E-state index in [0.717, 1.165) is 0 Å². The zero-order valence-electron chi connectivity index (χ0n) is 10.3. The maximum atomic E-state index is 13.4. The van der Waals surface area contributed by atoms with Gasteiger partial charge in [0.25, 0.3) is 0 Å². The van der Waals surface area contributed by atoms with Crippen molar-refractivity contribution in [2.45, 2.75) is 6.54 Å². The molecule has 0 atom stereocenters. The third-order valence-electron chi connectivity index (χ3n) is 2.39. The number of nitrogens with two attached hydrogens (primary N) is 1. The molecule has 0 radical (unpaired) electrons. The molecule has 0 unspecified atom stereocenters. The first-order chi connectivity index (χ1) is 9.08. The standard InChI is InChI=1S/C12H13FN4O2/c1-19-11-3-2-9(4-10(11)13)16-12(18)7-17-6-8(14)5-15-17/h2-6H,7,14H2,1H3,(H,16,18). The average Bonchev–Trinajstić information content (AvgIpc) is 2.74. The zero-order valence-corrected chi connectivity index (χ0v) is 10.3. The lowest BCUT2D eigenvalue weighted by Gasteiger charge is -2.07. The van der Waals surface area contributed by atoms with E-state index in [4.69, 9.17) is 10.5 Å².